The van der Waals surface area contributed by atoms with Gasteiger partial charge in [0.05, 0.1) is 17.8 Å². The van der Waals surface area contributed by atoms with Crippen molar-refractivity contribution in [1.29, 1.82) is 0 Å². The Balaban J connectivity index is 5.07. The number of carbonyl (C=O) groups is 2. The Bertz CT molecular complexity index is 472. The maximum atomic E-state index is 11.7. The standard InChI is InChI=1S/C19H30O5/c1-9-19(10-22-16(8)13(2)3,11-23-17(20)14(4)5)12-24-18(21)15(6)7/h13H,4,6,8-12H2,1-3,5,7H3. The molecule has 0 rings (SSSR count). The molecule has 0 heterocycles. The summed E-state index contributed by atoms with van der Waals surface area (Å²) in [4.78, 5) is 23.4. The van der Waals surface area contributed by atoms with E-state index in [2.05, 4.69) is 19.7 Å². The first-order chi connectivity index (χ1) is 11.0. The highest BCUT2D eigenvalue weighted by molar-refractivity contribution is 5.87. The Morgan fingerprint density at radius 2 is 1.25 bits per heavy atom. The van der Waals surface area contributed by atoms with E-state index in [4.69, 9.17) is 14.2 Å². The molecule has 0 atom stereocenters. The lowest BCUT2D eigenvalue weighted by Crippen LogP contribution is -2.38. The molecular weight excluding hydrogens is 308 g/mol. The summed E-state index contributed by atoms with van der Waals surface area (Å²) in [5.41, 5.74) is -0.0356. The number of ether oxygens (including phenoxy) is 3. The summed E-state index contributed by atoms with van der Waals surface area (Å²) in [6.45, 7) is 20.4. The Morgan fingerprint density at radius 1 is 0.875 bits per heavy atom. The van der Waals surface area contributed by atoms with Crippen molar-refractivity contribution >= 4 is 11.9 Å². The molecule has 0 aliphatic heterocycles. The van der Waals surface area contributed by atoms with E-state index < -0.39 is 17.4 Å². The van der Waals surface area contributed by atoms with Gasteiger partial charge in [-0.25, -0.2) is 9.59 Å². The van der Waals surface area contributed by atoms with E-state index in [9.17, 15) is 9.59 Å². The summed E-state index contributed by atoms with van der Waals surface area (Å²) in [6.07, 6.45) is 0.589. The Labute approximate surface area is 145 Å². The van der Waals surface area contributed by atoms with Gasteiger partial charge < -0.3 is 14.2 Å². The van der Waals surface area contributed by atoms with Crippen LogP contribution in [0.15, 0.2) is 36.6 Å². The van der Waals surface area contributed by atoms with E-state index in [-0.39, 0.29) is 25.7 Å². The largest absolute Gasteiger partial charge is 0.497 e. The molecule has 0 aliphatic carbocycles. The summed E-state index contributed by atoms with van der Waals surface area (Å²) < 4.78 is 16.3. The maximum Gasteiger partial charge on any atom is 0.333 e. The SMILES string of the molecule is C=C(C)C(=O)OCC(CC)(COC(=C)C(C)C)COC(=O)C(=C)C. The predicted octanol–water partition coefficient (Wildman–Crippen LogP) is 3.81. The zero-order valence-electron chi connectivity index (χ0n) is 15.6. The molecule has 0 radical (unpaired) electrons. The minimum absolute atomic E-state index is 0.0596. The van der Waals surface area contributed by atoms with Gasteiger partial charge in [0.25, 0.3) is 0 Å². The number of carbonyl (C=O) groups excluding carboxylic acids is 2. The third-order valence-electron chi connectivity index (χ3n) is 3.67. The molecule has 0 aromatic carbocycles. The minimum Gasteiger partial charge on any atom is -0.497 e. The van der Waals surface area contributed by atoms with Gasteiger partial charge in [0.1, 0.15) is 13.2 Å². The third-order valence-corrected chi connectivity index (χ3v) is 3.67. The van der Waals surface area contributed by atoms with E-state index in [1.165, 1.54) is 0 Å². The van der Waals surface area contributed by atoms with Crippen molar-refractivity contribution < 1.29 is 23.8 Å². The van der Waals surface area contributed by atoms with Gasteiger partial charge in [-0.2, -0.15) is 0 Å². The van der Waals surface area contributed by atoms with Crippen molar-refractivity contribution in [3.63, 3.8) is 0 Å². The summed E-state index contributed by atoms with van der Waals surface area (Å²) in [7, 11) is 0. The number of esters is 2. The van der Waals surface area contributed by atoms with Gasteiger partial charge in [-0.1, -0.05) is 40.5 Å². The zero-order chi connectivity index (χ0) is 18.9. The van der Waals surface area contributed by atoms with Crippen molar-refractivity contribution in [1.82, 2.24) is 0 Å². The van der Waals surface area contributed by atoms with E-state index in [0.717, 1.165) is 0 Å². The maximum absolute atomic E-state index is 11.7. The molecule has 0 spiro atoms. The number of hydrogen-bond acceptors (Lipinski definition) is 5. The van der Waals surface area contributed by atoms with Crippen LogP contribution in [0.5, 0.6) is 0 Å². The average molecular weight is 338 g/mol. The summed E-state index contributed by atoms with van der Waals surface area (Å²) in [6, 6.07) is 0. The van der Waals surface area contributed by atoms with E-state index in [1.54, 1.807) is 13.8 Å². The lowest BCUT2D eigenvalue weighted by Gasteiger charge is -2.32. The number of allylic oxidation sites excluding steroid dienone is 1. The van der Waals surface area contributed by atoms with Gasteiger partial charge in [-0.05, 0) is 20.3 Å². The first-order valence-corrected chi connectivity index (χ1v) is 8.01. The molecule has 5 heteroatoms. The predicted molar refractivity (Wildman–Crippen MR) is 94.2 cm³/mol. The third kappa shape index (κ3) is 7.49. The molecule has 136 valence electrons. The highest BCUT2D eigenvalue weighted by atomic mass is 16.6. The van der Waals surface area contributed by atoms with Crippen molar-refractivity contribution in [3.8, 4) is 0 Å². The van der Waals surface area contributed by atoms with Crippen molar-refractivity contribution in [2.75, 3.05) is 19.8 Å². The second kappa shape index (κ2) is 9.96. The van der Waals surface area contributed by atoms with Crippen molar-refractivity contribution in [3.05, 3.63) is 36.6 Å². The molecule has 0 bridgehead atoms. The topological polar surface area (TPSA) is 61.8 Å². The molecule has 5 nitrogen and oxygen atoms in total. The van der Waals surface area contributed by atoms with Gasteiger partial charge in [-0.15, -0.1) is 0 Å². The van der Waals surface area contributed by atoms with Gasteiger partial charge >= 0.3 is 11.9 Å². The van der Waals surface area contributed by atoms with Crippen LogP contribution in [0.3, 0.4) is 0 Å². The lowest BCUT2D eigenvalue weighted by molar-refractivity contribution is -0.152. The first kappa shape index (κ1) is 22.0. The van der Waals surface area contributed by atoms with Crippen molar-refractivity contribution in [2.24, 2.45) is 11.3 Å². The van der Waals surface area contributed by atoms with Gasteiger partial charge in [0.15, 0.2) is 0 Å². The molecular formula is C19H30O5. The van der Waals surface area contributed by atoms with Crippen LogP contribution in [-0.2, 0) is 23.8 Å². The molecule has 0 saturated carbocycles. The molecule has 0 saturated heterocycles. The summed E-state index contributed by atoms with van der Waals surface area (Å²) in [5.74, 6) is -0.177. The van der Waals surface area contributed by atoms with Crippen LogP contribution in [0.1, 0.15) is 41.0 Å². The molecule has 0 N–H and O–H groups in total. The lowest BCUT2D eigenvalue weighted by atomic mass is 9.87. The van der Waals surface area contributed by atoms with Crippen LogP contribution >= 0.6 is 0 Å². The van der Waals surface area contributed by atoms with Gasteiger partial charge in [0.2, 0.25) is 0 Å². The molecule has 0 unspecified atom stereocenters. The second-order valence-corrected chi connectivity index (χ2v) is 6.48. The number of hydrogen-bond donors (Lipinski definition) is 0. The molecule has 0 aromatic rings. The van der Waals surface area contributed by atoms with Crippen LogP contribution in [0, 0.1) is 11.3 Å². The Morgan fingerprint density at radius 3 is 1.54 bits per heavy atom. The van der Waals surface area contributed by atoms with Crippen LogP contribution in [0.2, 0.25) is 0 Å². The Kier molecular flexibility index (Phi) is 9.11. The summed E-state index contributed by atoms with van der Waals surface area (Å²) in [5, 5.41) is 0. The smallest absolute Gasteiger partial charge is 0.333 e. The van der Waals surface area contributed by atoms with Crippen LogP contribution in [0.25, 0.3) is 0 Å². The van der Waals surface area contributed by atoms with E-state index in [1.807, 2.05) is 20.8 Å². The number of rotatable bonds is 11. The van der Waals surface area contributed by atoms with Crippen molar-refractivity contribution in [2.45, 2.75) is 41.0 Å². The van der Waals surface area contributed by atoms with Gasteiger partial charge in [0, 0.05) is 17.1 Å². The molecule has 0 amide bonds. The highest BCUT2D eigenvalue weighted by Crippen LogP contribution is 2.26. The Hall–Kier alpha value is -2.04. The molecule has 0 aliphatic rings. The van der Waals surface area contributed by atoms with E-state index >= 15 is 0 Å². The fraction of sp³-hybridized carbons (Fsp3) is 0.579. The summed E-state index contributed by atoms with van der Waals surface area (Å²) >= 11 is 0. The minimum atomic E-state index is -0.659. The van der Waals surface area contributed by atoms with Gasteiger partial charge in [-0.3, -0.25) is 0 Å². The normalized spacial score (nSPS) is 10.9. The molecule has 24 heavy (non-hydrogen) atoms. The van der Waals surface area contributed by atoms with E-state index in [0.29, 0.717) is 23.3 Å². The zero-order valence-corrected chi connectivity index (χ0v) is 15.6. The fourth-order valence-electron chi connectivity index (χ4n) is 1.53. The first-order valence-electron chi connectivity index (χ1n) is 8.01. The monoisotopic (exact) mass is 338 g/mol. The fourth-order valence-corrected chi connectivity index (χ4v) is 1.53. The molecule has 0 aromatic heterocycles. The average Bonchev–Trinajstić information content (AvgIpc) is 2.53. The highest BCUT2D eigenvalue weighted by Gasteiger charge is 2.34. The molecule has 0 fully saturated rings. The second-order valence-electron chi connectivity index (χ2n) is 6.48. The van der Waals surface area contributed by atoms with Crippen LogP contribution in [-0.4, -0.2) is 31.8 Å². The van der Waals surface area contributed by atoms with Crippen LogP contribution in [0.4, 0.5) is 0 Å². The quantitative estimate of drug-likeness (QED) is 0.326. The van der Waals surface area contributed by atoms with Crippen LogP contribution < -0.4 is 0 Å².